The molecule has 0 aliphatic carbocycles. The van der Waals surface area contributed by atoms with Crippen LogP contribution in [0.5, 0.6) is 0 Å². The molecule has 0 amide bonds. The monoisotopic (exact) mass is 396 g/mol. The molecule has 3 rings (SSSR count). The minimum Gasteiger partial charge on any atom is -0.295 e. The summed E-state index contributed by atoms with van der Waals surface area (Å²) in [6.45, 7) is 4.22. The van der Waals surface area contributed by atoms with E-state index in [0.29, 0.717) is 5.88 Å². The van der Waals surface area contributed by atoms with Gasteiger partial charge in [0.2, 0.25) is 0 Å². The lowest BCUT2D eigenvalue weighted by Crippen LogP contribution is -2.00. The van der Waals surface area contributed by atoms with E-state index in [1.807, 2.05) is 0 Å². The number of aryl methyl sites for hydroxylation is 2. The van der Waals surface area contributed by atoms with Gasteiger partial charge < -0.3 is 0 Å². The Hall–Kier alpha value is -1.07. The first-order chi connectivity index (χ1) is 9.58. The van der Waals surface area contributed by atoms with Crippen molar-refractivity contribution in [1.82, 2.24) is 9.55 Å². The molecule has 0 unspecified atom stereocenters. The lowest BCUT2D eigenvalue weighted by molar-refractivity contribution is 0.978. The molecule has 4 heteroatoms. The summed E-state index contributed by atoms with van der Waals surface area (Å²) in [4.78, 5) is 4.65. The minimum absolute atomic E-state index is 0.401. The van der Waals surface area contributed by atoms with Gasteiger partial charge >= 0.3 is 0 Å². The average molecular weight is 397 g/mol. The molecule has 0 N–H and O–H groups in total. The molecular weight excluding hydrogens is 383 g/mol. The molecule has 2 nitrogen and oxygen atoms in total. The normalized spacial score (nSPS) is 11.2. The van der Waals surface area contributed by atoms with Crippen LogP contribution in [0.3, 0.4) is 0 Å². The third kappa shape index (κ3) is 2.44. The molecule has 0 bridgehead atoms. The summed E-state index contributed by atoms with van der Waals surface area (Å²) in [5.41, 5.74) is 5.71. The molecule has 20 heavy (non-hydrogen) atoms. The smallest absolute Gasteiger partial charge is 0.129 e. The first-order valence-corrected chi connectivity index (χ1v) is 8.01. The summed E-state index contributed by atoms with van der Waals surface area (Å²) in [6, 6.07) is 12.8. The second-order valence-corrected chi connectivity index (χ2v) is 6.49. The number of alkyl halides is 1. The maximum atomic E-state index is 6.09. The Morgan fingerprint density at radius 3 is 2.45 bits per heavy atom. The molecule has 102 valence electrons. The van der Waals surface area contributed by atoms with Crippen molar-refractivity contribution in [2.24, 2.45) is 0 Å². The topological polar surface area (TPSA) is 17.8 Å². The Morgan fingerprint density at radius 1 is 1.10 bits per heavy atom. The molecule has 0 saturated carbocycles. The Morgan fingerprint density at radius 2 is 1.80 bits per heavy atom. The SMILES string of the molecule is Cc1cc(C)cc(-n2c(CCl)nc3cc(I)ccc32)c1. The van der Waals surface area contributed by atoms with E-state index in [2.05, 4.69) is 82.4 Å². The standard InChI is InChI=1S/C16H14ClIN2/c1-10-5-11(2)7-13(6-10)20-15-4-3-12(18)8-14(15)19-16(20)9-17/h3-8H,9H2,1-2H3. The van der Waals surface area contributed by atoms with E-state index >= 15 is 0 Å². The van der Waals surface area contributed by atoms with Crippen molar-refractivity contribution in [2.75, 3.05) is 0 Å². The molecular formula is C16H14ClIN2. The van der Waals surface area contributed by atoms with Crippen molar-refractivity contribution in [3.63, 3.8) is 0 Å². The van der Waals surface area contributed by atoms with Crippen molar-refractivity contribution >= 4 is 45.2 Å². The van der Waals surface area contributed by atoms with Gasteiger partial charge in [0.25, 0.3) is 0 Å². The van der Waals surface area contributed by atoms with Gasteiger partial charge in [0.05, 0.1) is 16.9 Å². The van der Waals surface area contributed by atoms with Gasteiger partial charge in [-0.25, -0.2) is 4.98 Å². The highest BCUT2D eigenvalue weighted by Crippen LogP contribution is 2.25. The molecule has 1 aromatic heterocycles. The minimum atomic E-state index is 0.401. The van der Waals surface area contributed by atoms with Gasteiger partial charge in [-0.05, 0) is 77.9 Å². The van der Waals surface area contributed by atoms with Crippen molar-refractivity contribution in [2.45, 2.75) is 19.7 Å². The zero-order chi connectivity index (χ0) is 14.3. The predicted octanol–water partition coefficient (Wildman–Crippen LogP) is 4.99. The lowest BCUT2D eigenvalue weighted by Gasteiger charge is -2.10. The molecule has 3 aromatic rings. The fourth-order valence-electron chi connectivity index (χ4n) is 2.56. The summed E-state index contributed by atoms with van der Waals surface area (Å²) in [7, 11) is 0. The Kier molecular flexibility index (Phi) is 3.73. The van der Waals surface area contributed by atoms with Gasteiger partial charge in [-0.2, -0.15) is 0 Å². The average Bonchev–Trinajstić information content (AvgIpc) is 2.74. The molecule has 0 spiro atoms. The third-order valence-corrected chi connectivity index (χ3v) is 4.18. The lowest BCUT2D eigenvalue weighted by atomic mass is 10.1. The van der Waals surface area contributed by atoms with Gasteiger partial charge in [-0.15, -0.1) is 11.6 Å². The molecule has 0 atom stereocenters. The first kappa shape index (κ1) is 13.9. The van der Waals surface area contributed by atoms with Crippen LogP contribution in [0.2, 0.25) is 0 Å². The highest BCUT2D eigenvalue weighted by molar-refractivity contribution is 14.1. The van der Waals surface area contributed by atoms with Crippen molar-refractivity contribution in [1.29, 1.82) is 0 Å². The predicted molar refractivity (Wildman–Crippen MR) is 92.8 cm³/mol. The largest absolute Gasteiger partial charge is 0.295 e. The second-order valence-electron chi connectivity index (χ2n) is 4.98. The highest BCUT2D eigenvalue weighted by atomic mass is 127. The van der Waals surface area contributed by atoms with Gasteiger partial charge in [-0.1, -0.05) is 6.07 Å². The summed E-state index contributed by atoms with van der Waals surface area (Å²) in [5, 5.41) is 0. The fraction of sp³-hybridized carbons (Fsp3) is 0.188. The molecule has 0 radical (unpaired) electrons. The highest BCUT2D eigenvalue weighted by Gasteiger charge is 2.12. The number of imidazole rings is 1. The Labute approximate surface area is 136 Å². The van der Waals surface area contributed by atoms with Crippen LogP contribution >= 0.6 is 34.2 Å². The van der Waals surface area contributed by atoms with E-state index in [1.54, 1.807) is 0 Å². The number of aromatic nitrogens is 2. The van der Waals surface area contributed by atoms with E-state index in [0.717, 1.165) is 22.5 Å². The van der Waals surface area contributed by atoms with Gasteiger partial charge in [-0.3, -0.25) is 4.57 Å². The van der Waals surface area contributed by atoms with Crippen LogP contribution in [-0.4, -0.2) is 9.55 Å². The number of halogens is 2. The summed E-state index contributed by atoms with van der Waals surface area (Å²) in [5.74, 6) is 1.28. The molecule has 0 aliphatic rings. The van der Waals surface area contributed by atoms with Gasteiger partial charge in [0.1, 0.15) is 5.82 Å². The number of nitrogens with zero attached hydrogens (tertiary/aromatic N) is 2. The fourth-order valence-corrected chi connectivity index (χ4v) is 3.21. The summed E-state index contributed by atoms with van der Waals surface area (Å²) >= 11 is 8.39. The maximum absolute atomic E-state index is 6.09. The van der Waals surface area contributed by atoms with Crippen LogP contribution in [0, 0.1) is 17.4 Å². The molecule has 0 aliphatic heterocycles. The number of benzene rings is 2. The summed E-state index contributed by atoms with van der Waals surface area (Å²) in [6.07, 6.45) is 0. The zero-order valence-electron chi connectivity index (χ0n) is 11.3. The molecule has 2 aromatic carbocycles. The Bertz CT molecular complexity index is 772. The Balaban J connectivity index is 2.33. The van der Waals surface area contributed by atoms with Crippen LogP contribution in [0.1, 0.15) is 17.0 Å². The first-order valence-electron chi connectivity index (χ1n) is 6.40. The van der Waals surface area contributed by atoms with Crippen LogP contribution in [0.25, 0.3) is 16.7 Å². The van der Waals surface area contributed by atoms with Crippen molar-refractivity contribution in [3.8, 4) is 5.69 Å². The number of rotatable bonds is 2. The number of hydrogen-bond donors (Lipinski definition) is 0. The number of hydrogen-bond acceptors (Lipinski definition) is 1. The van der Waals surface area contributed by atoms with E-state index in [1.165, 1.54) is 14.7 Å². The van der Waals surface area contributed by atoms with E-state index in [-0.39, 0.29) is 0 Å². The zero-order valence-corrected chi connectivity index (χ0v) is 14.2. The van der Waals surface area contributed by atoms with Crippen molar-refractivity contribution in [3.05, 3.63) is 56.9 Å². The van der Waals surface area contributed by atoms with E-state index in [4.69, 9.17) is 11.6 Å². The summed E-state index contributed by atoms with van der Waals surface area (Å²) < 4.78 is 3.33. The van der Waals surface area contributed by atoms with Crippen LogP contribution in [0.15, 0.2) is 36.4 Å². The van der Waals surface area contributed by atoms with Crippen molar-refractivity contribution < 1.29 is 0 Å². The maximum Gasteiger partial charge on any atom is 0.129 e. The van der Waals surface area contributed by atoms with Crippen LogP contribution in [-0.2, 0) is 5.88 Å². The van der Waals surface area contributed by atoms with Gasteiger partial charge in [0.15, 0.2) is 0 Å². The van der Waals surface area contributed by atoms with Gasteiger partial charge in [0, 0.05) is 9.26 Å². The number of fused-ring (bicyclic) bond motifs is 1. The second kappa shape index (κ2) is 5.37. The third-order valence-electron chi connectivity index (χ3n) is 3.27. The molecule has 0 fully saturated rings. The molecule has 1 heterocycles. The van der Waals surface area contributed by atoms with E-state index < -0.39 is 0 Å². The van der Waals surface area contributed by atoms with Crippen LogP contribution < -0.4 is 0 Å². The molecule has 0 saturated heterocycles. The quantitative estimate of drug-likeness (QED) is 0.441. The van der Waals surface area contributed by atoms with E-state index in [9.17, 15) is 0 Å². The van der Waals surface area contributed by atoms with Crippen LogP contribution in [0.4, 0.5) is 0 Å².